The van der Waals surface area contributed by atoms with E-state index in [-0.39, 0.29) is 0 Å². The van der Waals surface area contributed by atoms with E-state index >= 15 is 0 Å². The number of hydrogen-bond donors (Lipinski definition) is 0. The summed E-state index contributed by atoms with van der Waals surface area (Å²) in [5, 5.41) is 2.37. The summed E-state index contributed by atoms with van der Waals surface area (Å²) in [5.74, 6) is 0. The van der Waals surface area contributed by atoms with Crippen molar-refractivity contribution < 1.29 is 8.96 Å². The lowest BCUT2D eigenvalue weighted by Gasteiger charge is -2.15. The van der Waals surface area contributed by atoms with Gasteiger partial charge < -0.3 is 0 Å². The second-order valence-corrected chi connectivity index (χ2v) is 7.85. The van der Waals surface area contributed by atoms with Crippen LogP contribution in [0.2, 0.25) is 0 Å². The third-order valence-corrected chi connectivity index (χ3v) is 4.89. The molecule has 3 aromatic rings. The van der Waals surface area contributed by atoms with Crippen LogP contribution < -0.4 is 4.57 Å². The summed E-state index contributed by atoms with van der Waals surface area (Å²) >= 11 is 0. The topological polar surface area (TPSA) is 3.88 Å². The van der Waals surface area contributed by atoms with E-state index in [1.807, 2.05) is 0 Å². The lowest BCUT2D eigenvalue weighted by molar-refractivity contribution is -0.659. The van der Waals surface area contributed by atoms with Gasteiger partial charge in [0, 0.05) is 12.5 Å². The van der Waals surface area contributed by atoms with Crippen LogP contribution in [-0.4, -0.2) is 5.67 Å². The molecule has 1 nitrogen and oxygen atoms in total. The lowest BCUT2D eigenvalue weighted by atomic mass is 9.93. The maximum Gasteiger partial charge on any atom is 0.220 e. The largest absolute Gasteiger partial charge is 0.244 e. The molecule has 0 spiro atoms. The average molecular weight is 336 g/mol. The van der Waals surface area contributed by atoms with Crippen molar-refractivity contribution in [3.05, 3.63) is 64.8 Å². The van der Waals surface area contributed by atoms with Crippen molar-refractivity contribution in [3.8, 4) is 11.3 Å². The van der Waals surface area contributed by atoms with Crippen LogP contribution in [0.25, 0.3) is 22.0 Å². The number of rotatable bonds is 3. The Bertz CT molecular complexity index is 948. The highest BCUT2D eigenvalue weighted by Crippen LogP contribution is 2.31. The van der Waals surface area contributed by atoms with Gasteiger partial charge in [-0.25, -0.2) is 8.96 Å². The summed E-state index contributed by atoms with van der Waals surface area (Å²) in [6, 6.07) is 12.9. The first-order valence-corrected chi connectivity index (χ1v) is 8.84. The van der Waals surface area contributed by atoms with E-state index in [1.54, 1.807) is 13.8 Å². The van der Waals surface area contributed by atoms with Gasteiger partial charge in [-0.05, 0) is 68.8 Å². The standard InChI is InChI=1S/C23H27FN/c1-15-11-16(2)17(3)21(12-15)22-20-8-7-18(14-23(4,5)24)13-19(20)9-10-25(22)6/h7-13H,14H2,1-6H3/q+1. The molecule has 0 saturated carbocycles. The molecular formula is C23H27FN+. The number of alkyl halides is 1. The quantitative estimate of drug-likeness (QED) is 0.552. The van der Waals surface area contributed by atoms with Crippen molar-refractivity contribution in [1.82, 2.24) is 0 Å². The molecule has 0 aliphatic carbocycles. The van der Waals surface area contributed by atoms with Crippen LogP contribution in [0.1, 0.15) is 36.1 Å². The molecule has 0 fully saturated rings. The Morgan fingerprint density at radius 2 is 1.72 bits per heavy atom. The van der Waals surface area contributed by atoms with Crippen molar-refractivity contribution >= 4 is 10.8 Å². The summed E-state index contributed by atoms with van der Waals surface area (Å²) < 4.78 is 16.2. The van der Waals surface area contributed by atoms with Gasteiger partial charge in [0.05, 0.1) is 10.9 Å². The Labute approximate surface area is 150 Å². The van der Waals surface area contributed by atoms with Crippen LogP contribution in [0.3, 0.4) is 0 Å². The zero-order valence-corrected chi connectivity index (χ0v) is 16.1. The predicted octanol–water partition coefficient (Wildman–Crippen LogP) is 5.55. The zero-order chi connectivity index (χ0) is 18.4. The monoisotopic (exact) mass is 336 g/mol. The van der Waals surface area contributed by atoms with Gasteiger partial charge in [0.15, 0.2) is 6.20 Å². The van der Waals surface area contributed by atoms with Crippen LogP contribution in [0.15, 0.2) is 42.6 Å². The Morgan fingerprint density at radius 3 is 2.40 bits per heavy atom. The molecular weight excluding hydrogens is 309 g/mol. The van der Waals surface area contributed by atoms with Crippen LogP contribution in [0, 0.1) is 20.8 Å². The highest BCUT2D eigenvalue weighted by molar-refractivity contribution is 5.94. The second kappa shape index (κ2) is 6.25. The minimum Gasteiger partial charge on any atom is -0.244 e. The first-order valence-electron chi connectivity index (χ1n) is 8.84. The van der Waals surface area contributed by atoms with E-state index in [9.17, 15) is 4.39 Å². The summed E-state index contributed by atoms with van der Waals surface area (Å²) in [5.41, 5.74) is 6.21. The smallest absolute Gasteiger partial charge is 0.220 e. The predicted molar refractivity (Wildman–Crippen MR) is 104 cm³/mol. The Morgan fingerprint density at radius 1 is 1.00 bits per heavy atom. The van der Waals surface area contributed by atoms with E-state index in [4.69, 9.17) is 0 Å². The summed E-state index contributed by atoms with van der Waals surface area (Å²) in [7, 11) is 2.09. The van der Waals surface area contributed by atoms with E-state index in [0.29, 0.717) is 6.42 Å². The van der Waals surface area contributed by atoms with Crippen molar-refractivity contribution in [2.45, 2.75) is 46.7 Å². The van der Waals surface area contributed by atoms with Gasteiger partial charge in [0.25, 0.3) is 0 Å². The molecule has 3 rings (SSSR count). The van der Waals surface area contributed by atoms with Crippen molar-refractivity contribution in [2.75, 3.05) is 0 Å². The molecule has 2 heteroatoms. The van der Waals surface area contributed by atoms with Crippen LogP contribution in [-0.2, 0) is 13.5 Å². The number of benzene rings is 2. The molecule has 0 saturated heterocycles. The van der Waals surface area contributed by atoms with E-state index < -0.39 is 5.67 Å². The SMILES string of the molecule is Cc1cc(C)c(C)c(-c2c3ccc(CC(C)(C)F)cc3cc[n+]2C)c1. The molecule has 0 N–H and O–H groups in total. The molecule has 0 aliphatic heterocycles. The van der Waals surface area contributed by atoms with Gasteiger partial charge in [0.1, 0.15) is 12.7 Å². The summed E-state index contributed by atoms with van der Waals surface area (Å²) in [6.45, 7) is 9.75. The van der Waals surface area contributed by atoms with Gasteiger partial charge in [-0.1, -0.05) is 23.8 Å². The number of fused-ring (bicyclic) bond motifs is 1. The number of nitrogens with zero attached hydrogens (tertiary/aromatic N) is 1. The zero-order valence-electron chi connectivity index (χ0n) is 16.1. The summed E-state index contributed by atoms with van der Waals surface area (Å²) in [6.07, 6.45) is 2.53. The van der Waals surface area contributed by atoms with E-state index in [0.717, 1.165) is 10.9 Å². The molecule has 0 amide bonds. The number of aromatic nitrogens is 1. The van der Waals surface area contributed by atoms with E-state index in [1.165, 1.54) is 33.3 Å². The molecule has 25 heavy (non-hydrogen) atoms. The normalized spacial score (nSPS) is 12.0. The van der Waals surface area contributed by atoms with Crippen molar-refractivity contribution in [3.63, 3.8) is 0 Å². The summed E-state index contributed by atoms with van der Waals surface area (Å²) in [4.78, 5) is 0. The fourth-order valence-electron chi connectivity index (χ4n) is 3.64. The first-order chi connectivity index (χ1) is 11.7. The molecule has 0 atom stereocenters. The fourth-order valence-corrected chi connectivity index (χ4v) is 3.64. The minimum atomic E-state index is -1.19. The molecule has 0 bridgehead atoms. The molecule has 1 heterocycles. The molecule has 2 aromatic carbocycles. The minimum absolute atomic E-state index is 0.432. The van der Waals surface area contributed by atoms with Crippen molar-refractivity contribution in [2.24, 2.45) is 7.05 Å². The van der Waals surface area contributed by atoms with Gasteiger partial charge in [-0.2, -0.15) is 0 Å². The average Bonchev–Trinajstić information content (AvgIpc) is 2.50. The van der Waals surface area contributed by atoms with Crippen LogP contribution in [0.5, 0.6) is 0 Å². The highest BCUT2D eigenvalue weighted by Gasteiger charge is 2.20. The number of aryl methyl sites for hydroxylation is 3. The van der Waals surface area contributed by atoms with Gasteiger partial charge >= 0.3 is 0 Å². The Kier molecular flexibility index (Phi) is 4.40. The maximum absolute atomic E-state index is 14.0. The van der Waals surface area contributed by atoms with Crippen LogP contribution >= 0.6 is 0 Å². The van der Waals surface area contributed by atoms with Gasteiger partial charge in [0.2, 0.25) is 5.69 Å². The van der Waals surface area contributed by atoms with Crippen molar-refractivity contribution in [1.29, 1.82) is 0 Å². The first kappa shape index (κ1) is 17.6. The highest BCUT2D eigenvalue weighted by atomic mass is 19.1. The fraction of sp³-hybridized carbons (Fsp3) is 0.348. The van der Waals surface area contributed by atoms with E-state index in [2.05, 4.69) is 75.0 Å². The van der Waals surface area contributed by atoms with Gasteiger partial charge in [-0.15, -0.1) is 0 Å². The third kappa shape index (κ3) is 3.58. The molecule has 0 aliphatic rings. The number of pyridine rings is 1. The number of halogens is 1. The molecule has 0 radical (unpaired) electrons. The Hall–Kier alpha value is -2.22. The van der Waals surface area contributed by atoms with Crippen LogP contribution in [0.4, 0.5) is 4.39 Å². The molecule has 0 unspecified atom stereocenters. The second-order valence-electron chi connectivity index (χ2n) is 7.85. The maximum atomic E-state index is 14.0. The number of hydrogen-bond acceptors (Lipinski definition) is 0. The third-order valence-electron chi connectivity index (χ3n) is 4.89. The Balaban J connectivity index is 2.24. The molecule has 1 aromatic heterocycles. The lowest BCUT2D eigenvalue weighted by Crippen LogP contribution is -2.31. The molecule has 130 valence electrons. The van der Waals surface area contributed by atoms with Gasteiger partial charge in [-0.3, -0.25) is 0 Å².